The zero-order valence-corrected chi connectivity index (χ0v) is 17.7. The molecular weight excluding hydrogens is 378 g/mol. The number of ether oxygens (including phenoxy) is 1. The monoisotopic (exact) mass is 407 g/mol. The number of nitrogens with one attached hydrogen (secondary N) is 1. The van der Waals surface area contributed by atoms with Crippen molar-refractivity contribution in [1.29, 1.82) is 0 Å². The number of hydrogen-bond acceptors (Lipinski definition) is 5. The molecule has 0 spiro atoms. The Hall–Kier alpha value is -2.89. The second-order valence-electron chi connectivity index (χ2n) is 8.69. The van der Waals surface area contributed by atoms with Crippen molar-refractivity contribution < 1.29 is 14.3 Å². The largest absolute Gasteiger partial charge is 0.463 e. The van der Waals surface area contributed by atoms with E-state index in [-0.39, 0.29) is 18.5 Å². The van der Waals surface area contributed by atoms with E-state index in [9.17, 15) is 9.59 Å². The van der Waals surface area contributed by atoms with Crippen LogP contribution in [0.1, 0.15) is 48.8 Å². The van der Waals surface area contributed by atoms with E-state index in [2.05, 4.69) is 33.4 Å². The van der Waals surface area contributed by atoms with Crippen LogP contribution >= 0.6 is 0 Å². The fourth-order valence-electron chi connectivity index (χ4n) is 4.15. The molecule has 2 aliphatic rings. The molecule has 1 aromatic heterocycles. The number of carbonyl (C=O) groups is 2. The standard InChI is InChI=1S/C24H29N3O3/c1-17-11-22(14-25-13-17)27-10-9-24(15-27,16-30-18(2)28)26-23(29)12-19-3-5-20(6-4-19)21-7-8-21/h3-6,11,13-14,21H,7-10,12,15-16H2,1-2H3,(H,26,29). The third-order valence-corrected chi connectivity index (χ3v) is 5.93. The first-order chi connectivity index (χ1) is 14.4. The van der Waals surface area contributed by atoms with Gasteiger partial charge >= 0.3 is 5.97 Å². The van der Waals surface area contributed by atoms with Crippen LogP contribution in [0.15, 0.2) is 42.7 Å². The van der Waals surface area contributed by atoms with Crippen molar-refractivity contribution in [2.75, 3.05) is 24.6 Å². The zero-order valence-electron chi connectivity index (χ0n) is 17.7. The maximum absolute atomic E-state index is 12.9. The van der Waals surface area contributed by atoms with E-state index in [4.69, 9.17) is 4.74 Å². The molecule has 1 atom stereocenters. The van der Waals surface area contributed by atoms with Crippen LogP contribution in [0, 0.1) is 6.92 Å². The maximum atomic E-state index is 12.9. The summed E-state index contributed by atoms with van der Waals surface area (Å²) >= 11 is 0. The van der Waals surface area contributed by atoms with Crippen LogP contribution in [0.4, 0.5) is 5.69 Å². The summed E-state index contributed by atoms with van der Waals surface area (Å²) in [4.78, 5) is 30.8. The van der Waals surface area contributed by atoms with E-state index in [1.165, 1.54) is 25.3 Å². The minimum Gasteiger partial charge on any atom is -0.463 e. The van der Waals surface area contributed by atoms with Gasteiger partial charge in [0, 0.05) is 26.2 Å². The number of amides is 1. The maximum Gasteiger partial charge on any atom is 0.302 e. The predicted molar refractivity (Wildman–Crippen MR) is 115 cm³/mol. The van der Waals surface area contributed by atoms with Crippen LogP contribution in [-0.2, 0) is 20.7 Å². The highest BCUT2D eigenvalue weighted by Gasteiger charge is 2.41. The van der Waals surface area contributed by atoms with Gasteiger partial charge in [0.15, 0.2) is 0 Å². The third-order valence-electron chi connectivity index (χ3n) is 5.93. The lowest BCUT2D eigenvalue weighted by atomic mass is 9.98. The van der Waals surface area contributed by atoms with Gasteiger partial charge in [-0.2, -0.15) is 0 Å². The molecule has 0 bridgehead atoms. The first-order valence-corrected chi connectivity index (χ1v) is 10.6. The Labute approximate surface area is 177 Å². The van der Waals surface area contributed by atoms with E-state index in [1.807, 2.05) is 31.5 Å². The van der Waals surface area contributed by atoms with E-state index in [0.717, 1.165) is 23.4 Å². The predicted octanol–water partition coefficient (Wildman–Crippen LogP) is 3.14. The number of nitrogens with zero attached hydrogens (tertiary/aromatic N) is 2. The molecule has 158 valence electrons. The van der Waals surface area contributed by atoms with Crippen LogP contribution in [0.25, 0.3) is 0 Å². The van der Waals surface area contributed by atoms with Crippen molar-refractivity contribution in [3.63, 3.8) is 0 Å². The number of carbonyl (C=O) groups excluding carboxylic acids is 2. The Balaban J connectivity index is 1.43. The van der Waals surface area contributed by atoms with Gasteiger partial charge in [-0.15, -0.1) is 0 Å². The number of hydrogen-bond donors (Lipinski definition) is 1. The van der Waals surface area contributed by atoms with Gasteiger partial charge in [-0.25, -0.2) is 0 Å². The summed E-state index contributed by atoms with van der Waals surface area (Å²) in [5.41, 5.74) is 3.87. The van der Waals surface area contributed by atoms with Gasteiger partial charge in [0.05, 0.1) is 23.8 Å². The number of rotatable bonds is 7. The van der Waals surface area contributed by atoms with E-state index in [1.54, 1.807) is 0 Å². The molecule has 1 aromatic carbocycles. The summed E-state index contributed by atoms with van der Waals surface area (Å²) in [7, 11) is 0. The average Bonchev–Trinajstić information content (AvgIpc) is 3.48. The Morgan fingerprint density at radius 2 is 2.00 bits per heavy atom. The number of aryl methyl sites for hydroxylation is 1. The molecule has 4 rings (SSSR count). The van der Waals surface area contributed by atoms with Crippen molar-refractivity contribution >= 4 is 17.6 Å². The average molecular weight is 408 g/mol. The van der Waals surface area contributed by atoms with E-state index >= 15 is 0 Å². The van der Waals surface area contributed by atoms with Crippen molar-refractivity contribution in [3.8, 4) is 0 Å². The Bertz CT molecular complexity index is 924. The van der Waals surface area contributed by atoms with Crippen molar-refractivity contribution in [2.45, 2.75) is 51.0 Å². The lowest BCUT2D eigenvalue weighted by Crippen LogP contribution is -2.54. The van der Waals surface area contributed by atoms with Crippen LogP contribution in [0.5, 0.6) is 0 Å². The molecule has 1 saturated heterocycles. The minimum atomic E-state index is -0.597. The van der Waals surface area contributed by atoms with E-state index in [0.29, 0.717) is 25.3 Å². The molecule has 2 heterocycles. The van der Waals surface area contributed by atoms with Crippen LogP contribution in [0.3, 0.4) is 0 Å². The summed E-state index contributed by atoms with van der Waals surface area (Å²) in [6.45, 7) is 4.92. The molecule has 1 aliphatic heterocycles. The molecule has 1 saturated carbocycles. The molecule has 2 fully saturated rings. The molecular formula is C24H29N3O3. The summed E-state index contributed by atoms with van der Waals surface area (Å²) in [6.07, 6.45) is 7.22. The van der Waals surface area contributed by atoms with Gasteiger partial charge in [-0.1, -0.05) is 24.3 Å². The fraction of sp³-hybridized carbons (Fsp3) is 0.458. The normalized spacial score (nSPS) is 20.8. The lowest BCUT2D eigenvalue weighted by molar-refractivity contribution is -0.144. The molecule has 6 nitrogen and oxygen atoms in total. The summed E-state index contributed by atoms with van der Waals surface area (Å²) in [5, 5.41) is 3.18. The SMILES string of the molecule is CC(=O)OCC1(NC(=O)Cc2ccc(C3CC3)cc2)CCN(c2cncc(C)c2)C1. The molecule has 1 unspecified atom stereocenters. The Morgan fingerprint density at radius 3 is 2.67 bits per heavy atom. The first kappa shape index (κ1) is 20.4. The fourth-order valence-corrected chi connectivity index (χ4v) is 4.15. The number of aromatic nitrogens is 1. The number of benzene rings is 1. The Kier molecular flexibility index (Phi) is 5.75. The summed E-state index contributed by atoms with van der Waals surface area (Å²) in [5.74, 6) is 0.320. The molecule has 1 aliphatic carbocycles. The summed E-state index contributed by atoms with van der Waals surface area (Å²) in [6, 6.07) is 10.4. The van der Waals surface area contributed by atoms with Gasteiger partial charge < -0.3 is 15.0 Å². The molecule has 1 N–H and O–H groups in total. The quantitative estimate of drug-likeness (QED) is 0.714. The highest BCUT2D eigenvalue weighted by Crippen LogP contribution is 2.39. The van der Waals surface area contributed by atoms with Crippen LogP contribution < -0.4 is 10.2 Å². The highest BCUT2D eigenvalue weighted by molar-refractivity contribution is 5.79. The number of anilines is 1. The van der Waals surface area contributed by atoms with Crippen molar-refractivity contribution in [2.24, 2.45) is 0 Å². The zero-order chi connectivity index (χ0) is 21.1. The molecule has 0 radical (unpaired) electrons. The molecule has 1 amide bonds. The highest BCUT2D eigenvalue weighted by atomic mass is 16.5. The molecule has 2 aromatic rings. The molecule has 6 heteroatoms. The van der Waals surface area contributed by atoms with Crippen LogP contribution in [0.2, 0.25) is 0 Å². The van der Waals surface area contributed by atoms with Gasteiger partial charge in [0.2, 0.25) is 5.91 Å². The third kappa shape index (κ3) is 4.99. The van der Waals surface area contributed by atoms with Crippen molar-refractivity contribution in [1.82, 2.24) is 10.3 Å². The Morgan fingerprint density at radius 1 is 1.23 bits per heavy atom. The second kappa shape index (κ2) is 8.46. The minimum absolute atomic E-state index is 0.0504. The summed E-state index contributed by atoms with van der Waals surface area (Å²) < 4.78 is 5.34. The van der Waals surface area contributed by atoms with Gasteiger partial charge in [0.25, 0.3) is 0 Å². The van der Waals surface area contributed by atoms with E-state index < -0.39 is 5.54 Å². The van der Waals surface area contributed by atoms with Gasteiger partial charge in [-0.05, 0) is 54.9 Å². The number of pyridine rings is 1. The number of esters is 1. The second-order valence-corrected chi connectivity index (χ2v) is 8.69. The first-order valence-electron chi connectivity index (χ1n) is 10.6. The topological polar surface area (TPSA) is 71.5 Å². The van der Waals surface area contributed by atoms with Gasteiger partial charge in [-0.3, -0.25) is 14.6 Å². The smallest absolute Gasteiger partial charge is 0.302 e. The lowest BCUT2D eigenvalue weighted by Gasteiger charge is -2.30. The van der Waals surface area contributed by atoms with Crippen LogP contribution in [-0.4, -0.2) is 42.1 Å². The van der Waals surface area contributed by atoms with Crippen molar-refractivity contribution in [3.05, 3.63) is 59.4 Å². The molecule has 30 heavy (non-hydrogen) atoms. The van der Waals surface area contributed by atoms with Gasteiger partial charge in [0.1, 0.15) is 6.61 Å².